The van der Waals surface area contributed by atoms with Gasteiger partial charge in [-0.2, -0.15) is 0 Å². The van der Waals surface area contributed by atoms with Gasteiger partial charge in [0.15, 0.2) is 0 Å². The molecule has 0 aromatic carbocycles. The minimum atomic E-state index is -0.427. The molecule has 272 valence electrons. The molecule has 0 amide bonds. The fourth-order valence-corrected chi connectivity index (χ4v) is 3.08. The van der Waals surface area contributed by atoms with E-state index in [0.717, 1.165) is 25.7 Å². The summed E-state index contributed by atoms with van der Waals surface area (Å²) in [5.74, 6) is 7.87. The zero-order valence-corrected chi connectivity index (χ0v) is 28.0. The van der Waals surface area contributed by atoms with Crippen LogP contribution in [0.4, 0.5) is 0 Å². The fraction of sp³-hybridized carbons (Fsp3) is 0.500. The first kappa shape index (κ1) is 58.8. The molecule has 0 saturated heterocycles. The van der Waals surface area contributed by atoms with E-state index in [4.69, 9.17) is 9.89 Å². The van der Waals surface area contributed by atoms with E-state index < -0.39 is 11.2 Å². The van der Waals surface area contributed by atoms with E-state index in [1.54, 1.807) is 27.3 Å². The van der Waals surface area contributed by atoms with Gasteiger partial charge in [-0.3, -0.25) is 29.3 Å². The molecule has 0 aliphatic carbocycles. The van der Waals surface area contributed by atoms with Crippen LogP contribution in [0.15, 0.2) is 47.4 Å². The second kappa shape index (κ2) is 33.7. The second-order valence-electron chi connectivity index (χ2n) is 8.10. The summed E-state index contributed by atoms with van der Waals surface area (Å²) in [5, 5.41) is 0. The van der Waals surface area contributed by atoms with Crippen LogP contribution in [0, 0.1) is 27.8 Å². The van der Waals surface area contributed by atoms with Gasteiger partial charge in [0.2, 0.25) is 0 Å². The Morgan fingerprint density at radius 1 is 0.702 bits per heavy atom. The number of hydrogen-bond acceptors (Lipinski definition) is 7. The van der Waals surface area contributed by atoms with Crippen molar-refractivity contribution in [3.05, 3.63) is 95.8 Å². The van der Waals surface area contributed by atoms with Crippen LogP contribution in [0.5, 0.6) is 0 Å². The fourth-order valence-electron chi connectivity index (χ4n) is 2.53. The molecule has 47 heavy (non-hydrogen) atoms. The molecule has 3 heterocycles. The Morgan fingerprint density at radius 3 is 1.51 bits per heavy atom. The van der Waals surface area contributed by atoms with Crippen LogP contribution in [0.3, 0.4) is 0 Å². The van der Waals surface area contributed by atoms with Crippen molar-refractivity contribution in [3.63, 3.8) is 0 Å². The molecule has 0 atom stereocenters. The SMILES string of the molecule is C.C.C.C.C.C#CCC.CCC#Cc1cn(C)c(=O)[nH]c1=O.CCCCc1cn(C)c(=O)[nH]c1=O.Cn1cc(I)c(=O)[nH]c1=O.[O]=[Pd]. The van der Waals surface area contributed by atoms with E-state index in [9.17, 15) is 28.8 Å². The van der Waals surface area contributed by atoms with Gasteiger partial charge in [0.05, 0.1) is 3.57 Å². The third kappa shape index (κ3) is 24.2. The van der Waals surface area contributed by atoms with Gasteiger partial charge in [-0.25, -0.2) is 14.4 Å². The van der Waals surface area contributed by atoms with E-state index in [0.29, 0.717) is 21.1 Å². The number of H-pyrrole nitrogens is 3. The molecule has 0 fully saturated rings. The molecule has 0 bridgehead atoms. The predicted molar refractivity (Wildman–Crippen MR) is 199 cm³/mol. The Balaban J connectivity index is -0.0000000902. The van der Waals surface area contributed by atoms with E-state index in [1.165, 1.54) is 45.3 Å². The van der Waals surface area contributed by atoms with Crippen molar-refractivity contribution in [2.24, 2.45) is 21.1 Å². The Bertz CT molecular complexity index is 1700. The normalized spacial score (nSPS) is 8.00. The van der Waals surface area contributed by atoms with Crippen LogP contribution >= 0.6 is 22.6 Å². The average Bonchev–Trinajstić information content (AvgIpc) is 2.96. The Morgan fingerprint density at radius 2 is 1.11 bits per heavy atom. The van der Waals surface area contributed by atoms with Gasteiger partial charge in [0, 0.05) is 58.1 Å². The van der Waals surface area contributed by atoms with Crippen molar-refractivity contribution >= 4 is 22.6 Å². The number of terminal acetylenes is 1. The van der Waals surface area contributed by atoms with Gasteiger partial charge >= 0.3 is 39.7 Å². The van der Waals surface area contributed by atoms with Gasteiger partial charge in [0.1, 0.15) is 5.56 Å². The molecule has 3 aromatic heterocycles. The first-order valence-corrected chi connectivity index (χ1v) is 14.1. The van der Waals surface area contributed by atoms with E-state index in [2.05, 4.69) is 39.6 Å². The molecule has 0 aliphatic rings. The number of unbranched alkanes of at least 4 members (excludes halogenated alkanes) is 1. The summed E-state index contributed by atoms with van der Waals surface area (Å²) in [6.45, 7) is 5.90. The number of aromatic amines is 3. The number of nitrogens with one attached hydrogen (secondary N) is 3. The number of halogens is 1. The van der Waals surface area contributed by atoms with Crippen LogP contribution < -0.4 is 33.7 Å². The van der Waals surface area contributed by atoms with Gasteiger partial charge in [-0.15, -0.1) is 12.3 Å². The molecule has 0 saturated carbocycles. The zero-order valence-electron chi connectivity index (χ0n) is 24.2. The Labute approximate surface area is 303 Å². The molecule has 13 nitrogen and oxygen atoms in total. The van der Waals surface area contributed by atoms with Gasteiger partial charge < -0.3 is 13.7 Å². The van der Waals surface area contributed by atoms with Crippen molar-refractivity contribution in [1.29, 1.82) is 0 Å². The third-order valence-corrected chi connectivity index (χ3v) is 5.53. The summed E-state index contributed by atoms with van der Waals surface area (Å²) in [6, 6.07) is 0. The number of hydrogen-bond donors (Lipinski definition) is 3. The number of rotatable bonds is 3. The van der Waals surface area contributed by atoms with Crippen molar-refractivity contribution < 1.29 is 22.6 Å². The van der Waals surface area contributed by atoms with E-state index in [1.807, 2.05) is 36.4 Å². The number of nitrogens with zero attached hydrogens (tertiary/aromatic N) is 3. The predicted octanol–water partition coefficient (Wildman–Crippen LogP) is 4.02. The molecular weight excluding hydrogens is 814 g/mol. The quantitative estimate of drug-likeness (QED) is 0.202. The number of aromatic nitrogens is 6. The van der Waals surface area contributed by atoms with Gasteiger partial charge in [0.25, 0.3) is 16.7 Å². The molecule has 0 unspecified atom stereocenters. The summed E-state index contributed by atoms with van der Waals surface area (Å²) in [6.07, 6.45) is 13.6. The van der Waals surface area contributed by atoms with E-state index in [-0.39, 0.29) is 59.6 Å². The van der Waals surface area contributed by atoms with Crippen molar-refractivity contribution in [2.75, 3.05) is 0 Å². The monoisotopic (exact) mass is 868 g/mol. The molecule has 0 spiro atoms. The molecule has 3 N–H and O–H groups in total. The van der Waals surface area contributed by atoms with E-state index >= 15 is 0 Å². The van der Waals surface area contributed by atoms with Crippen molar-refractivity contribution in [3.8, 4) is 24.2 Å². The Kier molecular flexibility index (Phi) is 42.2. The molecule has 0 radical (unpaired) electrons. The minimum absolute atomic E-state index is 0. The third-order valence-electron chi connectivity index (χ3n) is 4.76. The van der Waals surface area contributed by atoms with Crippen LogP contribution in [0.1, 0.15) is 94.7 Å². The second-order valence-corrected chi connectivity index (χ2v) is 9.26. The summed E-state index contributed by atoms with van der Waals surface area (Å²) >= 11 is 3.36. The van der Waals surface area contributed by atoms with Crippen LogP contribution in [-0.4, -0.2) is 28.7 Å². The van der Waals surface area contributed by atoms with Crippen LogP contribution in [0.25, 0.3) is 0 Å². The first-order chi connectivity index (χ1) is 19.8. The summed E-state index contributed by atoms with van der Waals surface area (Å²) < 4.78 is 12.6. The van der Waals surface area contributed by atoms with Crippen molar-refractivity contribution in [1.82, 2.24) is 28.7 Å². The first-order valence-electron chi connectivity index (χ1n) is 12.4. The van der Waals surface area contributed by atoms with Gasteiger partial charge in [-0.05, 0) is 35.4 Å². The van der Waals surface area contributed by atoms with Crippen LogP contribution in [-0.2, 0) is 50.2 Å². The Hall–Kier alpha value is -3.65. The van der Waals surface area contributed by atoms with Gasteiger partial charge in [-0.1, -0.05) is 76.2 Å². The zero-order chi connectivity index (χ0) is 32.8. The van der Waals surface area contributed by atoms with Crippen LogP contribution in [0.2, 0.25) is 0 Å². The molecule has 0 aliphatic heterocycles. The summed E-state index contributed by atoms with van der Waals surface area (Å²) in [4.78, 5) is 72.3. The molecule has 3 aromatic rings. The topological polar surface area (TPSA) is 182 Å². The maximum atomic E-state index is 11.2. The molecule has 3 rings (SSSR count). The molecule has 15 heteroatoms. The molecular formula is C32H55IN6O7Pd. The number of aryl methyl sites for hydroxylation is 4. The average molecular weight is 869 g/mol. The standard InChI is InChI=1S/C9H14N2O2.C9H10N2O2.C5H5IN2O2.C4H6.5CH4.O.Pd/c2*1-3-4-5-7-6-11(2)9(13)10-8(7)12;1-8-2-3(6)4(9)7-5(8)10;1-3-4-2;;;;;;;/h6H,3-5H2,1-2H3,(H,10,12,13);6H,3H2,1-2H3,(H,10,12,13);2H,1H3,(H,7,9,10);1H,4H2,2H3;5*1H4;;. The maximum absolute atomic E-state index is 11.2. The van der Waals surface area contributed by atoms with Crippen molar-refractivity contribution in [2.45, 2.75) is 90.0 Å². The summed E-state index contributed by atoms with van der Waals surface area (Å²) in [7, 11) is 4.78. The summed E-state index contributed by atoms with van der Waals surface area (Å²) in [5.41, 5.74) is -1.17.